The minimum absolute atomic E-state index is 0.288. The number of hydrogen-bond donors (Lipinski definition) is 2. The van der Waals surface area contributed by atoms with Crippen molar-refractivity contribution in [2.75, 3.05) is 6.54 Å². The highest BCUT2D eigenvalue weighted by molar-refractivity contribution is 6.04. The van der Waals surface area contributed by atoms with E-state index in [9.17, 15) is 14.0 Å². The molecule has 0 saturated carbocycles. The third-order valence-corrected chi connectivity index (χ3v) is 4.32. The van der Waals surface area contributed by atoms with Crippen molar-refractivity contribution in [3.8, 4) is 0 Å². The summed E-state index contributed by atoms with van der Waals surface area (Å²) in [5.74, 6) is -0.942. The van der Waals surface area contributed by atoms with E-state index in [4.69, 9.17) is 0 Å². The maximum Gasteiger partial charge on any atom is 0.235 e. The van der Waals surface area contributed by atoms with Crippen LogP contribution in [0.25, 0.3) is 0 Å². The van der Waals surface area contributed by atoms with Crippen LogP contribution in [0.2, 0.25) is 0 Å². The summed E-state index contributed by atoms with van der Waals surface area (Å²) in [6, 6.07) is 14.0. The molecule has 0 aromatic heterocycles. The van der Waals surface area contributed by atoms with Gasteiger partial charge in [-0.05, 0) is 50.5 Å². The second kappa shape index (κ2) is 8.61. The van der Waals surface area contributed by atoms with Gasteiger partial charge in [0, 0.05) is 13.1 Å². The molecule has 0 radical (unpaired) electrons. The minimum atomic E-state index is -1.17. The van der Waals surface area contributed by atoms with E-state index in [-0.39, 0.29) is 17.6 Å². The Morgan fingerprint density at radius 2 is 1.42 bits per heavy atom. The molecular formula is C21H25FN2O2. The zero-order valence-electron chi connectivity index (χ0n) is 15.4. The van der Waals surface area contributed by atoms with Crippen molar-refractivity contribution in [3.63, 3.8) is 0 Å². The maximum atomic E-state index is 12.9. The SMILES string of the molecule is Cc1ccc(CNC(=O)C(C)(C)C(=O)NCCc2ccc(F)cc2)cc1. The van der Waals surface area contributed by atoms with Gasteiger partial charge in [-0.2, -0.15) is 0 Å². The van der Waals surface area contributed by atoms with Crippen LogP contribution in [-0.2, 0) is 22.6 Å². The Kier molecular flexibility index (Phi) is 6.50. The van der Waals surface area contributed by atoms with Crippen molar-refractivity contribution in [2.45, 2.75) is 33.7 Å². The summed E-state index contributed by atoms with van der Waals surface area (Å²) < 4.78 is 12.9. The summed E-state index contributed by atoms with van der Waals surface area (Å²) in [5.41, 5.74) is 1.89. The van der Waals surface area contributed by atoms with Gasteiger partial charge in [0.05, 0.1) is 0 Å². The van der Waals surface area contributed by atoms with Crippen LogP contribution < -0.4 is 10.6 Å². The van der Waals surface area contributed by atoms with Crippen molar-refractivity contribution in [1.82, 2.24) is 10.6 Å². The lowest BCUT2D eigenvalue weighted by molar-refractivity contribution is -0.141. The smallest absolute Gasteiger partial charge is 0.235 e. The van der Waals surface area contributed by atoms with Crippen LogP contribution in [0.15, 0.2) is 48.5 Å². The van der Waals surface area contributed by atoms with Gasteiger partial charge in [-0.1, -0.05) is 42.0 Å². The van der Waals surface area contributed by atoms with Gasteiger partial charge in [0.2, 0.25) is 11.8 Å². The summed E-state index contributed by atoms with van der Waals surface area (Å²) in [5, 5.41) is 5.59. The Balaban J connectivity index is 1.82. The maximum absolute atomic E-state index is 12.9. The second-order valence-electron chi connectivity index (χ2n) is 6.93. The molecule has 0 aliphatic carbocycles. The molecule has 0 spiro atoms. The number of amides is 2. The lowest BCUT2D eigenvalue weighted by Gasteiger charge is -2.22. The van der Waals surface area contributed by atoms with E-state index in [1.54, 1.807) is 26.0 Å². The normalized spacial score (nSPS) is 11.1. The fraction of sp³-hybridized carbons (Fsp3) is 0.333. The van der Waals surface area contributed by atoms with Crippen LogP contribution in [0, 0.1) is 18.2 Å². The van der Waals surface area contributed by atoms with Crippen molar-refractivity contribution in [3.05, 3.63) is 71.0 Å². The Morgan fingerprint density at radius 1 is 0.885 bits per heavy atom. The first-order valence-electron chi connectivity index (χ1n) is 8.65. The molecule has 0 bridgehead atoms. The summed E-state index contributed by atoms with van der Waals surface area (Å²) in [7, 11) is 0. The van der Waals surface area contributed by atoms with Crippen LogP contribution in [0.1, 0.15) is 30.5 Å². The Labute approximate surface area is 153 Å². The molecule has 2 rings (SSSR count). The van der Waals surface area contributed by atoms with Gasteiger partial charge in [0.1, 0.15) is 11.2 Å². The van der Waals surface area contributed by atoms with Gasteiger partial charge in [-0.15, -0.1) is 0 Å². The van der Waals surface area contributed by atoms with Crippen molar-refractivity contribution >= 4 is 11.8 Å². The Hall–Kier alpha value is -2.69. The molecule has 0 unspecified atom stereocenters. The molecule has 0 atom stereocenters. The molecule has 0 heterocycles. The molecule has 2 aromatic carbocycles. The fourth-order valence-electron chi connectivity index (χ4n) is 2.40. The molecule has 26 heavy (non-hydrogen) atoms. The molecule has 138 valence electrons. The summed E-state index contributed by atoms with van der Waals surface area (Å²) in [6.45, 7) is 5.97. The Bertz CT molecular complexity index is 753. The highest BCUT2D eigenvalue weighted by atomic mass is 19.1. The Morgan fingerprint density at radius 3 is 2.04 bits per heavy atom. The van der Waals surface area contributed by atoms with E-state index in [2.05, 4.69) is 10.6 Å². The predicted molar refractivity (Wildman–Crippen MR) is 99.9 cm³/mol. The number of aryl methyl sites for hydroxylation is 1. The van der Waals surface area contributed by atoms with E-state index in [0.29, 0.717) is 19.5 Å². The van der Waals surface area contributed by atoms with Gasteiger partial charge in [0.15, 0.2) is 0 Å². The third kappa shape index (κ3) is 5.41. The lowest BCUT2D eigenvalue weighted by atomic mass is 9.91. The largest absolute Gasteiger partial charge is 0.355 e. The summed E-state index contributed by atoms with van der Waals surface area (Å²) >= 11 is 0. The predicted octanol–water partition coefficient (Wildman–Crippen LogP) is 3.14. The number of halogens is 1. The molecule has 2 aromatic rings. The monoisotopic (exact) mass is 356 g/mol. The molecule has 0 aliphatic heterocycles. The third-order valence-electron chi connectivity index (χ3n) is 4.32. The molecule has 2 amide bonds. The molecule has 0 aliphatic rings. The zero-order valence-corrected chi connectivity index (χ0v) is 15.4. The summed E-state index contributed by atoms with van der Waals surface area (Å²) in [4.78, 5) is 24.8. The lowest BCUT2D eigenvalue weighted by Crippen LogP contribution is -2.48. The molecule has 5 heteroatoms. The van der Waals surface area contributed by atoms with E-state index in [1.807, 2.05) is 31.2 Å². The molecular weight excluding hydrogens is 331 g/mol. The first kappa shape index (κ1) is 19.6. The van der Waals surface area contributed by atoms with E-state index >= 15 is 0 Å². The van der Waals surface area contributed by atoms with Gasteiger partial charge < -0.3 is 10.6 Å². The molecule has 0 fully saturated rings. The topological polar surface area (TPSA) is 58.2 Å². The van der Waals surface area contributed by atoms with Crippen molar-refractivity contribution < 1.29 is 14.0 Å². The highest BCUT2D eigenvalue weighted by Crippen LogP contribution is 2.16. The molecule has 0 saturated heterocycles. The number of rotatable bonds is 7. The van der Waals surface area contributed by atoms with Crippen molar-refractivity contribution in [1.29, 1.82) is 0 Å². The fourth-order valence-corrected chi connectivity index (χ4v) is 2.40. The quantitative estimate of drug-likeness (QED) is 0.749. The zero-order chi connectivity index (χ0) is 19.2. The number of carbonyl (C=O) groups is 2. The number of nitrogens with one attached hydrogen (secondary N) is 2. The standard InChI is InChI=1S/C21H25FN2O2/c1-15-4-6-17(7-5-15)14-24-20(26)21(2,3)19(25)23-13-12-16-8-10-18(22)11-9-16/h4-11H,12-14H2,1-3H3,(H,23,25)(H,24,26). The van der Waals surface area contributed by atoms with Gasteiger partial charge >= 0.3 is 0 Å². The first-order chi connectivity index (χ1) is 12.3. The van der Waals surface area contributed by atoms with Crippen LogP contribution in [0.3, 0.4) is 0 Å². The van der Waals surface area contributed by atoms with Crippen molar-refractivity contribution in [2.24, 2.45) is 5.41 Å². The summed E-state index contributed by atoms with van der Waals surface area (Å²) in [6.07, 6.45) is 0.576. The number of hydrogen-bond acceptors (Lipinski definition) is 2. The van der Waals surface area contributed by atoms with Crippen LogP contribution >= 0.6 is 0 Å². The number of benzene rings is 2. The van der Waals surface area contributed by atoms with E-state index in [1.165, 1.54) is 12.1 Å². The average molecular weight is 356 g/mol. The van der Waals surface area contributed by atoms with Gasteiger partial charge in [-0.3, -0.25) is 9.59 Å². The van der Waals surface area contributed by atoms with Gasteiger partial charge in [0.25, 0.3) is 0 Å². The van der Waals surface area contributed by atoms with Gasteiger partial charge in [-0.25, -0.2) is 4.39 Å². The average Bonchev–Trinajstić information content (AvgIpc) is 2.62. The van der Waals surface area contributed by atoms with E-state index in [0.717, 1.165) is 16.7 Å². The first-order valence-corrected chi connectivity index (χ1v) is 8.65. The van der Waals surface area contributed by atoms with Crippen LogP contribution in [0.4, 0.5) is 4.39 Å². The molecule has 4 nitrogen and oxygen atoms in total. The molecule has 2 N–H and O–H groups in total. The number of carbonyl (C=O) groups excluding carboxylic acids is 2. The second-order valence-corrected chi connectivity index (χ2v) is 6.93. The minimum Gasteiger partial charge on any atom is -0.355 e. The van der Waals surface area contributed by atoms with E-state index < -0.39 is 5.41 Å². The van der Waals surface area contributed by atoms with Crippen LogP contribution in [-0.4, -0.2) is 18.4 Å². The highest BCUT2D eigenvalue weighted by Gasteiger charge is 2.35. The van der Waals surface area contributed by atoms with Crippen LogP contribution in [0.5, 0.6) is 0 Å².